The van der Waals surface area contributed by atoms with Crippen LogP contribution in [-0.4, -0.2) is 65.3 Å². The van der Waals surface area contributed by atoms with Crippen molar-refractivity contribution in [3.63, 3.8) is 0 Å². The lowest BCUT2D eigenvalue weighted by molar-refractivity contribution is -0.128. The number of amides is 1. The second kappa shape index (κ2) is 8.67. The highest BCUT2D eigenvalue weighted by Crippen LogP contribution is 2.35. The minimum Gasteiger partial charge on any atom is -0.383 e. The first-order chi connectivity index (χ1) is 15.9. The van der Waals surface area contributed by atoms with Crippen molar-refractivity contribution in [1.29, 1.82) is 5.41 Å². The fourth-order valence-electron chi connectivity index (χ4n) is 5.05. The molecule has 1 saturated heterocycles. The molecule has 1 fully saturated rings. The van der Waals surface area contributed by atoms with E-state index in [1.165, 1.54) is 5.56 Å². The van der Waals surface area contributed by atoms with Crippen molar-refractivity contribution < 1.29 is 9.53 Å². The smallest absolute Gasteiger partial charge is 0.219 e. The normalized spacial score (nSPS) is 20.4. The van der Waals surface area contributed by atoms with Crippen LogP contribution in [0.5, 0.6) is 0 Å². The zero-order valence-electron chi connectivity index (χ0n) is 19.6. The molecule has 1 atom stereocenters. The molecule has 1 aromatic heterocycles. The zero-order valence-corrected chi connectivity index (χ0v) is 19.6. The molecular weight excluding hydrogens is 416 g/mol. The van der Waals surface area contributed by atoms with Crippen LogP contribution in [0.4, 0.5) is 5.69 Å². The number of hydrogen-bond donors (Lipinski definition) is 2. The Morgan fingerprint density at radius 1 is 1.27 bits per heavy atom. The summed E-state index contributed by atoms with van der Waals surface area (Å²) in [5.74, 6) is 0.549. The molecule has 3 aliphatic rings. The third-order valence-corrected chi connectivity index (χ3v) is 7.18. The van der Waals surface area contributed by atoms with Gasteiger partial charge in [0, 0.05) is 68.3 Å². The van der Waals surface area contributed by atoms with Crippen LogP contribution in [0.2, 0.25) is 0 Å². The SMILES string of the molecule is CC(=O)N1CCC(NC2CCOC2)=C(C(=N)N2CCc3cc(-c4cnn(C)c4C)ccc32)C1. The van der Waals surface area contributed by atoms with E-state index in [0.29, 0.717) is 25.5 Å². The third kappa shape index (κ3) is 4.04. The van der Waals surface area contributed by atoms with Gasteiger partial charge in [0.15, 0.2) is 0 Å². The van der Waals surface area contributed by atoms with Gasteiger partial charge in [0.25, 0.3) is 0 Å². The molecule has 8 nitrogen and oxygen atoms in total. The van der Waals surface area contributed by atoms with Crippen LogP contribution in [0, 0.1) is 12.3 Å². The molecule has 2 aromatic rings. The number of aryl methyl sites for hydroxylation is 1. The van der Waals surface area contributed by atoms with Crippen LogP contribution >= 0.6 is 0 Å². The fourth-order valence-corrected chi connectivity index (χ4v) is 5.05. The topological polar surface area (TPSA) is 86.5 Å². The van der Waals surface area contributed by atoms with Crippen LogP contribution in [-0.2, 0) is 23.0 Å². The van der Waals surface area contributed by atoms with E-state index in [9.17, 15) is 4.79 Å². The zero-order chi connectivity index (χ0) is 23.1. The Kier molecular flexibility index (Phi) is 5.70. The van der Waals surface area contributed by atoms with E-state index in [-0.39, 0.29) is 11.9 Å². The monoisotopic (exact) mass is 448 g/mol. The molecule has 0 saturated carbocycles. The first kappa shape index (κ1) is 21.7. The van der Waals surface area contributed by atoms with Crippen molar-refractivity contribution in [2.45, 2.75) is 39.2 Å². The van der Waals surface area contributed by atoms with Crippen LogP contribution in [0.15, 0.2) is 35.7 Å². The summed E-state index contributed by atoms with van der Waals surface area (Å²) in [6.45, 7) is 7.09. The first-order valence-corrected chi connectivity index (χ1v) is 11.7. The number of nitrogens with one attached hydrogen (secondary N) is 2. The predicted molar refractivity (Wildman–Crippen MR) is 128 cm³/mol. The Hall–Kier alpha value is -3.13. The predicted octanol–water partition coefficient (Wildman–Crippen LogP) is 2.62. The second-order valence-corrected chi connectivity index (χ2v) is 9.21. The molecule has 2 N–H and O–H groups in total. The number of carbonyl (C=O) groups excluding carboxylic acids is 1. The Morgan fingerprint density at radius 2 is 2.12 bits per heavy atom. The number of nitrogens with zero attached hydrogens (tertiary/aromatic N) is 4. The van der Waals surface area contributed by atoms with E-state index in [2.05, 4.69) is 40.4 Å². The van der Waals surface area contributed by atoms with E-state index in [0.717, 1.165) is 66.2 Å². The van der Waals surface area contributed by atoms with Crippen LogP contribution in [0.3, 0.4) is 0 Å². The van der Waals surface area contributed by atoms with Gasteiger partial charge in [-0.25, -0.2) is 0 Å². The highest BCUT2D eigenvalue weighted by atomic mass is 16.5. The maximum absolute atomic E-state index is 12.1. The quantitative estimate of drug-likeness (QED) is 0.555. The lowest BCUT2D eigenvalue weighted by Crippen LogP contribution is -2.44. The summed E-state index contributed by atoms with van der Waals surface area (Å²) in [6.07, 6.45) is 4.53. The molecule has 1 unspecified atom stereocenters. The van der Waals surface area contributed by atoms with Crippen LogP contribution in [0.1, 0.15) is 31.0 Å². The first-order valence-electron chi connectivity index (χ1n) is 11.7. The van der Waals surface area contributed by atoms with Crippen LogP contribution in [0.25, 0.3) is 11.1 Å². The van der Waals surface area contributed by atoms with E-state index in [1.54, 1.807) is 6.92 Å². The highest BCUT2D eigenvalue weighted by Gasteiger charge is 2.31. The molecule has 8 heteroatoms. The van der Waals surface area contributed by atoms with Gasteiger partial charge in [0.1, 0.15) is 5.84 Å². The van der Waals surface area contributed by atoms with Gasteiger partial charge >= 0.3 is 0 Å². The number of amidine groups is 1. The van der Waals surface area contributed by atoms with Crippen molar-refractivity contribution in [1.82, 2.24) is 20.0 Å². The second-order valence-electron chi connectivity index (χ2n) is 9.21. The summed E-state index contributed by atoms with van der Waals surface area (Å²) in [5, 5.41) is 17.2. The van der Waals surface area contributed by atoms with Gasteiger partial charge in [-0.2, -0.15) is 5.10 Å². The third-order valence-electron chi connectivity index (χ3n) is 7.18. The number of ether oxygens (including phenoxy) is 1. The van der Waals surface area contributed by atoms with Crippen LogP contribution < -0.4 is 10.2 Å². The summed E-state index contributed by atoms with van der Waals surface area (Å²) in [5.41, 5.74) is 7.79. The van der Waals surface area contributed by atoms with E-state index < -0.39 is 0 Å². The Morgan fingerprint density at radius 3 is 2.82 bits per heavy atom. The summed E-state index contributed by atoms with van der Waals surface area (Å²) in [6, 6.07) is 6.77. The van der Waals surface area contributed by atoms with E-state index in [4.69, 9.17) is 10.1 Å². The minimum absolute atomic E-state index is 0.0573. The summed E-state index contributed by atoms with van der Waals surface area (Å²) in [4.78, 5) is 16.0. The fraction of sp³-hybridized carbons (Fsp3) is 0.480. The average molecular weight is 449 g/mol. The van der Waals surface area contributed by atoms with Crippen molar-refractivity contribution in [2.24, 2.45) is 7.05 Å². The molecule has 3 aliphatic heterocycles. The molecule has 0 spiro atoms. The molecule has 174 valence electrons. The van der Waals surface area contributed by atoms with Crippen molar-refractivity contribution in [3.05, 3.63) is 46.9 Å². The largest absolute Gasteiger partial charge is 0.383 e. The molecule has 33 heavy (non-hydrogen) atoms. The lowest BCUT2D eigenvalue weighted by Gasteiger charge is -2.34. The van der Waals surface area contributed by atoms with Crippen molar-refractivity contribution in [2.75, 3.05) is 37.7 Å². The summed E-state index contributed by atoms with van der Waals surface area (Å²) >= 11 is 0. The maximum atomic E-state index is 12.1. The molecule has 5 rings (SSSR count). The maximum Gasteiger partial charge on any atom is 0.219 e. The average Bonchev–Trinajstić information content (AvgIpc) is 3.54. The lowest BCUT2D eigenvalue weighted by atomic mass is 10.0. The molecule has 0 aliphatic carbocycles. The summed E-state index contributed by atoms with van der Waals surface area (Å²) in [7, 11) is 1.96. The van der Waals surface area contributed by atoms with Gasteiger partial charge in [-0.15, -0.1) is 0 Å². The summed E-state index contributed by atoms with van der Waals surface area (Å²) < 4.78 is 7.43. The minimum atomic E-state index is 0.0573. The highest BCUT2D eigenvalue weighted by molar-refractivity contribution is 6.10. The number of rotatable bonds is 4. The molecule has 0 bridgehead atoms. The molecular formula is C25H32N6O2. The molecule has 4 heterocycles. The molecule has 0 radical (unpaired) electrons. The number of aromatic nitrogens is 2. The number of hydrogen-bond acceptors (Lipinski definition) is 5. The Bertz CT molecular complexity index is 1130. The van der Waals surface area contributed by atoms with Crippen molar-refractivity contribution >= 4 is 17.4 Å². The van der Waals surface area contributed by atoms with Gasteiger partial charge in [0.2, 0.25) is 5.91 Å². The van der Waals surface area contributed by atoms with Gasteiger partial charge in [0.05, 0.1) is 25.4 Å². The van der Waals surface area contributed by atoms with Gasteiger partial charge < -0.3 is 19.9 Å². The van der Waals surface area contributed by atoms with E-state index >= 15 is 0 Å². The van der Waals surface area contributed by atoms with Gasteiger partial charge in [-0.3, -0.25) is 14.9 Å². The molecule has 1 amide bonds. The standard InChI is InChI=1S/C25H32N6O2/c1-16-21(13-27-29(16)3)18-4-5-24-19(12-18)6-10-31(24)25(26)22-14-30(17(2)32)9-7-23(22)28-20-8-11-33-15-20/h4-5,12-13,20,26,28H,6-11,14-15H2,1-3H3. The molecule has 1 aromatic carbocycles. The van der Waals surface area contributed by atoms with Gasteiger partial charge in [-0.1, -0.05) is 6.07 Å². The number of anilines is 1. The van der Waals surface area contributed by atoms with Gasteiger partial charge in [-0.05, 0) is 43.0 Å². The number of carbonyl (C=O) groups is 1. The Labute approximate surface area is 194 Å². The van der Waals surface area contributed by atoms with E-state index in [1.807, 2.05) is 22.8 Å². The number of benzene rings is 1. The van der Waals surface area contributed by atoms with Crippen molar-refractivity contribution in [3.8, 4) is 11.1 Å². The Balaban J connectivity index is 1.43. The number of fused-ring (bicyclic) bond motifs is 1.